The van der Waals surface area contributed by atoms with Crippen LogP contribution in [0.5, 0.6) is 0 Å². The Morgan fingerprint density at radius 1 is 1.47 bits per heavy atom. The van der Waals surface area contributed by atoms with Gasteiger partial charge < -0.3 is 5.32 Å². The molecule has 1 aromatic rings. The Balaban J connectivity index is 1.96. The fourth-order valence-electron chi connectivity index (χ4n) is 3.26. The van der Waals surface area contributed by atoms with E-state index in [1.807, 2.05) is 13.8 Å². The number of sulfonamides is 1. The predicted molar refractivity (Wildman–Crippen MR) is 80.0 cm³/mol. The summed E-state index contributed by atoms with van der Waals surface area (Å²) < 4.78 is 28.2. The molecule has 7 heteroatoms. The first-order valence-electron chi connectivity index (χ1n) is 6.39. The monoisotopic (exact) mass is 364 g/mol. The smallest absolute Gasteiger partial charge is 0.244 e. The van der Waals surface area contributed by atoms with Crippen LogP contribution in [0.2, 0.25) is 0 Å². The second kappa shape index (κ2) is 4.80. The SMILES string of the molecule is Cc1sc(Br)cc1S(=O)(=O)N1CC2CNCC2C1C. The van der Waals surface area contributed by atoms with Gasteiger partial charge in [0, 0.05) is 17.5 Å². The maximum Gasteiger partial charge on any atom is 0.244 e. The molecule has 0 saturated carbocycles. The highest BCUT2D eigenvalue weighted by molar-refractivity contribution is 9.11. The summed E-state index contributed by atoms with van der Waals surface area (Å²) >= 11 is 4.85. The number of thiophene rings is 1. The van der Waals surface area contributed by atoms with Crippen LogP contribution in [-0.2, 0) is 10.0 Å². The molecule has 1 N–H and O–H groups in total. The standard InChI is InChI=1S/C12H17BrN2O2S2/c1-7-10-5-14-4-9(10)6-15(7)19(16,17)11-3-12(13)18-8(11)2/h3,7,9-10,14H,4-6H2,1-2H3. The molecule has 3 rings (SSSR count). The number of nitrogens with zero attached hydrogens (tertiary/aromatic N) is 1. The first-order chi connectivity index (χ1) is 8.91. The van der Waals surface area contributed by atoms with Gasteiger partial charge in [-0.05, 0) is 60.8 Å². The van der Waals surface area contributed by atoms with Crippen LogP contribution in [0.1, 0.15) is 11.8 Å². The number of halogens is 1. The van der Waals surface area contributed by atoms with Crippen LogP contribution in [0, 0.1) is 18.8 Å². The van der Waals surface area contributed by atoms with Crippen LogP contribution >= 0.6 is 27.3 Å². The normalized spacial score (nSPS) is 31.8. The van der Waals surface area contributed by atoms with Crippen molar-refractivity contribution in [3.63, 3.8) is 0 Å². The zero-order valence-corrected chi connectivity index (χ0v) is 14.1. The van der Waals surface area contributed by atoms with Crippen molar-refractivity contribution in [2.24, 2.45) is 11.8 Å². The topological polar surface area (TPSA) is 49.4 Å². The number of rotatable bonds is 2. The molecule has 0 bridgehead atoms. The lowest BCUT2D eigenvalue weighted by Crippen LogP contribution is -2.38. The average molecular weight is 365 g/mol. The molecule has 0 aliphatic carbocycles. The van der Waals surface area contributed by atoms with E-state index in [4.69, 9.17) is 0 Å². The quantitative estimate of drug-likeness (QED) is 0.873. The lowest BCUT2D eigenvalue weighted by molar-refractivity contribution is 0.360. The fraction of sp³-hybridized carbons (Fsp3) is 0.667. The van der Waals surface area contributed by atoms with Crippen LogP contribution < -0.4 is 5.32 Å². The van der Waals surface area contributed by atoms with Crippen molar-refractivity contribution in [1.29, 1.82) is 0 Å². The highest BCUT2D eigenvalue weighted by atomic mass is 79.9. The van der Waals surface area contributed by atoms with Gasteiger partial charge in [-0.3, -0.25) is 0 Å². The fourth-order valence-corrected chi connectivity index (χ4v) is 7.38. The molecule has 106 valence electrons. The summed E-state index contributed by atoms with van der Waals surface area (Å²) in [5.41, 5.74) is 0. The highest BCUT2D eigenvalue weighted by Gasteiger charge is 2.47. The van der Waals surface area contributed by atoms with E-state index in [0.717, 1.165) is 21.8 Å². The molecule has 2 saturated heterocycles. The van der Waals surface area contributed by atoms with Crippen molar-refractivity contribution in [1.82, 2.24) is 9.62 Å². The number of hydrogen-bond donors (Lipinski definition) is 1. The first-order valence-corrected chi connectivity index (χ1v) is 9.44. The molecule has 1 aromatic heterocycles. The van der Waals surface area contributed by atoms with Gasteiger partial charge in [0.15, 0.2) is 0 Å². The summed E-state index contributed by atoms with van der Waals surface area (Å²) in [5.74, 6) is 0.921. The summed E-state index contributed by atoms with van der Waals surface area (Å²) in [5, 5.41) is 3.36. The minimum atomic E-state index is -3.35. The average Bonchev–Trinajstić information content (AvgIpc) is 2.97. The third-order valence-electron chi connectivity index (χ3n) is 4.31. The summed E-state index contributed by atoms with van der Waals surface area (Å²) in [4.78, 5) is 1.32. The van der Waals surface area contributed by atoms with Crippen molar-refractivity contribution in [2.75, 3.05) is 19.6 Å². The Morgan fingerprint density at radius 3 is 2.79 bits per heavy atom. The lowest BCUT2D eigenvalue weighted by atomic mass is 9.95. The van der Waals surface area contributed by atoms with Crippen molar-refractivity contribution in [2.45, 2.75) is 24.8 Å². The van der Waals surface area contributed by atoms with Crippen molar-refractivity contribution < 1.29 is 8.42 Å². The summed E-state index contributed by atoms with van der Waals surface area (Å²) in [6.07, 6.45) is 0. The predicted octanol–water partition coefficient (Wildman–Crippen LogP) is 2.05. The molecule has 19 heavy (non-hydrogen) atoms. The highest BCUT2D eigenvalue weighted by Crippen LogP contribution is 2.38. The van der Waals surface area contributed by atoms with Gasteiger partial charge in [0.1, 0.15) is 0 Å². The summed E-state index contributed by atoms with van der Waals surface area (Å²) in [6, 6.07) is 1.82. The molecule has 0 spiro atoms. The minimum absolute atomic E-state index is 0.0862. The van der Waals surface area contributed by atoms with Crippen molar-refractivity contribution >= 4 is 37.3 Å². The Hall–Kier alpha value is 0.0500. The maximum absolute atomic E-state index is 12.8. The van der Waals surface area contributed by atoms with Crippen molar-refractivity contribution in [3.05, 3.63) is 14.7 Å². The molecule has 2 aliphatic heterocycles. The van der Waals surface area contributed by atoms with E-state index < -0.39 is 10.0 Å². The van der Waals surface area contributed by atoms with E-state index in [0.29, 0.717) is 23.3 Å². The van der Waals surface area contributed by atoms with E-state index in [1.54, 1.807) is 10.4 Å². The Bertz CT molecular complexity index is 599. The van der Waals surface area contributed by atoms with Crippen LogP contribution in [0.3, 0.4) is 0 Å². The third kappa shape index (κ3) is 2.19. The van der Waals surface area contributed by atoms with Crippen LogP contribution in [0.4, 0.5) is 0 Å². The Labute approximate surface area is 126 Å². The van der Waals surface area contributed by atoms with Gasteiger partial charge in [-0.2, -0.15) is 4.31 Å². The first kappa shape index (κ1) is 14.0. The number of nitrogens with one attached hydrogen (secondary N) is 1. The molecule has 3 unspecified atom stereocenters. The summed E-state index contributed by atoms with van der Waals surface area (Å²) in [6.45, 7) is 6.42. The summed E-state index contributed by atoms with van der Waals surface area (Å²) in [7, 11) is -3.35. The van der Waals surface area contributed by atoms with E-state index in [2.05, 4.69) is 21.2 Å². The van der Waals surface area contributed by atoms with Gasteiger partial charge >= 0.3 is 0 Å². The molecule has 0 aromatic carbocycles. The molecule has 3 heterocycles. The van der Waals surface area contributed by atoms with E-state index >= 15 is 0 Å². The van der Waals surface area contributed by atoms with Crippen LogP contribution in [0.25, 0.3) is 0 Å². The Morgan fingerprint density at radius 2 is 2.21 bits per heavy atom. The van der Waals surface area contributed by atoms with Gasteiger partial charge in [0.25, 0.3) is 0 Å². The largest absolute Gasteiger partial charge is 0.316 e. The van der Waals surface area contributed by atoms with Crippen molar-refractivity contribution in [3.8, 4) is 0 Å². The molecule has 0 amide bonds. The third-order valence-corrected chi connectivity index (χ3v) is 8.07. The second-order valence-electron chi connectivity index (χ2n) is 5.37. The molecular formula is C12H17BrN2O2S2. The lowest BCUT2D eigenvalue weighted by Gasteiger charge is -2.23. The zero-order valence-electron chi connectivity index (χ0n) is 10.9. The van der Waals surface area contributed by atoms with E-state index in [1.165, 1.54) is 11.3 Å². The van der Waals surface area contributed by atoms with E-state index in [9.17, 15) is 8.42 Å². The van der Waals surface area contributed by atoms with Crippen LogP contribution in [-0.4, -0.2) is 38.4 Å². The van der Waals surface area contributed by atoms with Gasteiger partial charge in [-0.25, -0.2) is 8.42 Å². The number of aryl methyl sites for hydroxylation is 1. The maximum atomic E-state index is 12.8. The molecule has 0 radical (unpaired) electrons. The molecule has 2 fully saturated rings. The Kier molecular flexibility index (Phi) is 3.54. The molecular weight excluding hydrogens is 348 g/mol. The van der Waals surface area contributed by atoms with Crippen LogP contribution in [0.15, 0.2) is 14.7 Å². The molecule has 3 atom stereocenters. The van der Waals surface area contributed by atoms with Gasteiger partial charge in [-0.1, -0.05) is 0 Å². The van der Waals surface area contributed by atoms with Gasteiger partial charge in [0.2, 0.25) is 10.0 Å². The van der Waals surface area contributed by atoms with E-state index in [-0.39, 0.29) is 6.04 Å². The zero-order chi connectivity index (χ0) is 13.8. The molecule has 4 nitrogen and oxygen atoms in total. The minimum Gasteiger partial charge on any atom is -0.316 e. The number of fused-ring (bicyclic) bond motifs is 1. The number of hydrogen-bond acceptors (Lipinski definition) is 4. The van der Waals surface area contributed by atoms with Gasteiger partial charge in [-0.15, -0.1) is 11.3 Å². The molecule has 2 aliphatic rings. The second-order valence-corrected chi connectivity index (χ2v) is 9.86. The van der Waals surface area contributed by atoms with Gasteiger partial charge in [0.05, 0.1) is 8.68 Å².